The predicted octanol–water partition coefficient (Wildman–Crippen LogP) is 0.453. The molecule has 0 unspecified atom stereocenters. The first-order chi connectivity index (χ1) is 8.25. The molecule has 17 heavy (non-hydrogen) atoms. The summed E-state index contributed by atoms with van der Waals surface area (Å²) in [6, 6.07) is 7.34. The van der Waals surface area contributed by atoms with Crippen LogP contribution in [0.15, 0.2) is 24.3 Å². The monoisotopic (exact) mass is 231 g/mol. The highest BCUT2D eigenvalue weighted by Gasteiger charge is 2.30. The molecule has 0 aliphatic carbocycles. The van der Waals surface area contributed by atoms with E-state index >= 15 is 0 Å². The summed E-state index contributed by atoms with van der Waals surface area (Å²) in [5.74, 6) is -0.551. The summed E-state index contributed by atoms with van der Waals surface area (Å²) in [7, 11) is 0. The highest BCUT2D eigenvalue weighted by Crippen LogP contribution is 2.18. The van der Waals surface area contributed by atoms with Gasteiger partial charge in [0.15, 0.2) is 0 Å². The van der Waals surface area contributed by atoms with Gasteiger partial charge >= 0.3 is 0 Å². The number of morpholine rings is 1. The Labute approximate surface area is 96.2 Å². The van der Waals surface area contributed by atoms with Crippen LogP contribution in [0.5, 0.6) is 0 Å². The van der Waals surface area contributed by atoms with E-state index in [1.807, 2.05) is 24.3 Å². The molecule has 0 radical (unpaired) electrons. The molecule has 1 saturated heterocycles. The number of benzene rings is 1. The lowest BCUT2D eigenvalue weighted by atomic mass is 10.3. The molecule has 1 aliphatic heterocycles. The maximum Gasteiger partial charge on any atom is 0.262 e. The Balaban J connectivity index is 2.07. The minimum absolute atomic E-state index is 0.0945. The maximum atomic E-state index is 11.6. The van der Waals surface area contributed by atoms with Gasteiger partial charge in [0.05, 0.1) is 11.0 Å². The van der Waals surface area contributed by atoms with Crippen molar-refractivity contribution in [3.63, 3.8) is 0 Å². The molecule has 1 aliphatic rings. The molecule has 3 rings (SSSR count). The number of H-pyrrole nitrogens is 1. The summed E-state index contributed by atoms with van der Waals surface area (Å²) < 4.78 is 4.84. The number of anilines is 1. The average molecular weight is 231 g/mol. The second-order valence-electron chi connectivity index (χ2n) is 3.69. The first-order valence-corrected chi connectivity index (χ1v) is 5.14. The van der Waals surface area contributed by atoms with Gasteiger partial charge in [-0.15, -0.1) is 0 Å². The van der Waals surface area contributed by atoms with Crippen LogP contribution in [-0.2, 0) is 14.3 Å². The van der Waals surface area contributed by atoms with Gasteiger partial charge in [-0.05, 0) is 12.1 Å². The Hall–Kier alpha value is -2.21. The number of para-hydroxylation sites is 2. The number of aromatic nitrogens is 2. The highest BCUT2D eigenvalue weighted by atomic mass is 16.5. The molecule has 1 N–H and O–H groups in total. The summed E-state index contributed by atoms with van der Waals surface area (Å²) in [5, 5.41) is 0. The molecule has 2 aromatic rings. The van der Waals surface area contributed by atoms with Crippen molar-refractivity contribution in [2.75, 3.05) is 18.1 Å². The van der Waals surface area contributed by atoms with E-state index in [0.717, 1.165) is 15.9 Å². The van der Waals surface area contributed by atoms with E-state index in [2.05, 4.69) is 9.97 Å². The van der Waals surface area contributed by atoms with Gasteiger partial charge in [-0.25, -0.2) is 9.88 Å². The number of imide groups is 1. The molecule has 1 aromatic heterocycles. The smallest absolute Gasteiger partial charge is 0.262 e. The predicted molar refractivity (Wildman–Crippen MR) is 59.4 cm³/mol. The number of carbonyl (C=O) groups is 2. The third kappa shape index (κ3) is 1.58. The minimum atomic E-state index is -0.402. The Morgan fingerprint density at radius 2 is 1.88 bits per heavy atom. The van der Waals surface area contributed by atoms with Crippen molar-refractivity contribution in [3.8, 4) is 0 Å². The van der Waals surface area contributed by atoms with Gasteiger partial charge in [0.1, 0.15) is 13.2 Å². The van der Waals surface area contributed by atoms with Crippen LogP contribution in [0.1, 0.15) is 0 Å². The fourth-order valence-electron chi connectivity index (χ4n) is 1.78. The number of carbonyl (C=O) groups excluding carboxylic acids is 2. The zero-order chi connectivity index (χ0) is 11.8. The molecule has 0 bridgehead atoms. The lowest BCUT2D eigenvalue weighted by Crippen LogP contribution is -2.46. The lowest BCUT2D eigenvalue weighted by Gasteiger charge is -2.22. The molecule has 2 heterocycles. The van der Waals surface area contributed by atoms with Gasteiger partial charge < -0.3 is 9.72 Å². The number of hydrogen-bond donors (Lipinski definition) is 1. The molecule has 6 heteroatoms. The fraction of sp³-hybridized carbons (Fsp3) is 0.182. The normalized spacial score (nSPS) is 16.8. The number of amides is 2. The number of nitrogens with one attached hydrogen (secondary N) is 1. The zero-order valence-electron chi connectivity index (χ0n) is 8.84. The molecule has 1 fully saturated rings. The van der Waals surface area contributed by atoms with Crippen LogP contribution in [0.4, 0.5) is 5.95 Å². The number of hydrogen-bond acceptors (Lipinski definition) is 4. The molecule has 2 amide bonds. The summed E-state index contributed by atoms with van der Waals surface area (Å²) in [4.78, 5) is 31.4. The topological polar surface area (TPSA) is 75.3 Å². The van der Waals surface area contributed by atoms with Crippen LogP contribution in [-0.4, -0.2) is 35.0 Å². The third-order valence-corrected chi connectivity index (χ3v) is 2.54. The van der Waals surface area contributed by atoms with Crippen LogP contribution >= 0.6 is 0 Å². The van der Waals surface area contributed by atoms with Crippen LogP contribution in [0, 0.1) is 0 Å². The molecule has 6 nitrogen and oxygen atoms in total. The summed E-state index contributed by atoms with van der Waals surface area (Å²) >= 11 is 0. The number of ether oxygens (including phenoxy) is 1. The number of aromatic amines is 1. The lowest BCUT2D eigenvalue weighted by molar-refractivity contribution is -0.138. The first kappa shape index (κ1) is 9.98. The van der Waals surface area contributed by atoms with Crippen molar-refractivity contribution < 1.29 is 14.3 Å². The van der Waals surface area contributed by atoms with E-state index in [1.165, 1.54) is 0 Å². The van der Waals surface area contributed by atoms with Crippen molar-refractivity contribution in [2.45, 2.75) is 0 Å². The summed E-state index contributed by atoms with van der Waals surface area (Å²) in [6.45, 7) is -0.189. The van der Waals surface area contributed by atoms with Gasteiger partial charge in [-0.1, -0.05) is 12.1 Å². The molecule has 1 aromatic carbocycles. The van der Waals surface area contributed by atoms with Crippen LogP contribution < -0.4 is 4.90 Å². The Morgan fingerprint density at radius 1 is 1.18 bits per heavy atom. The highest BCUT2D eigenvalue weighted by molar-refractivity contribution is 6.16. The van der Waals surface area contributed by atoms with Crippen LogP contribution in [0.2, 0.25) is 0 Å². The quantitative estimate of drug-likeness (QED) is 0.723. The number of rotatable bonds is 1. The van der Waals surface area contributed by atoms with E-state index in [0.29, 0.717) is 0 Å². The Bertz CT molecular complexity index is 556. The van der Waals surface area contributed by atoms with Gasteiger partial charge in [-0.2, -0.15) is 0 Å². The fourth-order valence-corrected chi connectivity index (χ4v) is 1.78. The van der Waals surface area contributed by atoms with E-state index in [4.69, 9.17) is 4.74 Å². The van der Waals surface area contributed by atoms with E-state index in [9.17, 15) is 9.59 Å². The van der Waals surface area contributed by atoms with Gasteiger partial charge in [0.2, 0.25) is 5.95 Å². The molecule has 0 saturated carbocycles. The van der Waals surface area contributed by atoms with E-state index in [-0.39, 0.29) is 19.2 Å². The second-order valence-corrected chi connectivity index (χ2v) is 3.69. The Morgan fingerprint density at radius 3 is 2.59 bits per heavy atom. The summed E-state index contributed by atoms with van der Waals surface area (Å²) in [5.41, 5.74) is 1.50. The second kappa shape index (κ2) is 3.67. The number of imidazole rings is 1. The van der Waals surface area contributed by atoms with Gasteiger partial charge in [0, 0.05) is 0 Å². The first-order valence-electron chi connectivity index (χ1n) is 5.14. The molecule has 0 spiro atoms. The third-order valence-electron chi connectivity index (χ3n) is 2.54. The Kier molecular flexibility index (Phi) is 2.15. The molecule has 0 atom stereocenters. The summed E-state index contributed by atoms with van der Waals surface area (Å²) in [6.07, 6.45) is 0. The zero-order valence-corrected chi connectivity index (χ0v) is 8.84. The van der Waals surface area contributed by atoms with Crippen molar-refractivity contribution in [2.24, 2.45) is 0 Å². The number of fused-ring (bicyclic) bond motifs is 1. The maximum absolute atomic E-state index is 11.6. The van der Waals surface area contributed by atoms with E-state index < -0.39 is 11.8 Å². The van der Waals surface area contributed by atoms with Crippen molar-refractivity contribution >= 4 is 28.8 Å². The largest absolute Gasteiger partial charge is 0.362 e. The van der Waals surface area contributed by atoms with Crippen molar-refractivity contribution in [3.05, 3.63) is 24.3 Å². The SMILES string of the molecule is O=C1COCC(=O)N1c1nc2ccccc2[nH]1. The number of nitrogens with zero attached hydrogens (tertiary/aromatic N) is 2. The van der Waals surface area contributed by atoms with Crippen molar-refractivity contribution in [1.82, 2.24) is 9.97 Å². The minimum Gasteiger partial charge on any atom is -0.362 e. The molecular formula is C11H9N3O3. The molecular weight excluding hydrogens is 222 g/mol. The van der Waals surface area contributed by atoms with Crippen LogP contribution in [0.3, 0.4) is 0 Å². The average Bonchev–Trinajstić information content (AvgIpc) is 2.71. The van der Waals surface area contributed by atoms with Crippen molar-refractivity contribution in [1.29, 1.82) is 0 Å². The van der Waals surface area contributed by atoms with Crippen LogP contribution in [0.25, 0.3) is 11.0 Å². The van der Waals surface area contributed by atoms with Gasteiger partial charge in [-0.3, -0.25) is 9.59 Å². The van der Waals surface area contributed by atoms with Gasteiger partial charge in [0.25, 0.3) is 11.8 Å². The molecule has 86 valence electrons. The standard InChI is InChI=1S/C11H9N3O3/c15-9-5-17-6-10(16)14(9)11-12-7-3-1-2-4-8(7)13-11/h1-4H,5-6H2,(H,12,13). The van der Waals surface area contributed by atoms with E-state index in [1.54, 1.807) is 0 Å².